The molecule has 0 radical (unpaired) electrons. The second-order valence-electron chi connectivity index (χ2n) is 5.10. The molecule has 0 atom stereocenters. The summed E-state index contributed by atoms with van der Waals surface area (Å²) in [6.45, 7) is 4.65. The number of carbonyl (C=O) groups excluding carboxylic acids is 1. The number of benzene rings is 1. The first-order chi connectivity index (χ1) is 11.0. The summed E-state index contributed by atoms with van der Waals surface area (Å²) in [4.78, 5) is 14.2. The molecule has 2 rings (SSSR count). The van der Waals surface area contributed by atoms with Gasteiger partial charge >= 0.3 is 0 Å². The first-order valence-electron chi connectivity index (χ1n) is 7.27. The maximum Gasteiger partial charge on any atom is 0.254 e. The number of aryl methyl sites for hydroxylation is 1. The lowest BCUT2D eigenvalue weighted by Crippen LogP contribution is -2.26. The van der Waals surface area contributed by atoms with Crippen molar-refractivity contribution in [2.75, 3.05) is 20.8 Å². The van der Waals surface area contributed by atoms with Gasteiger partial charge in [0.1, 0.15) is 11.5 Å². The van der Waals surface area contributed by atoms with E-state index < -0.39 is 0 Å². The van der Waals surface area contributed by atoms with Crippen LogP contribution in [0.5, 0.6) is 11.5 Å². The number of carbonyl (C=O) groups is 1. The summed E-state index contributed by atoms with van der Waals surface area (Å²) in [6.07, 6.45) is 0. The monoisotopic (exact) mass is 381 g/mol. The van der Waals surface area contributed by atoms with Gasteiger partial charge in [0.05, 0.1) is 24.7 Å². The fourth-order valence-electron chi connectivity index (χ4n) is 2.25. The molecule has 0 spiro atoms. The summed E-state index contributed by atoms with van der Waals surface area (Å²) in [5.74, 6) is 2.56. The van der Waals surface area contributed by atoms with E-state index in [1.54, 1.807) is 31.2 Å². The number of halogens is 1. The van der Waals surface area contributed by atoms with Crippen molar-refractivity contribution in [2.45, 2.75) is 20.4 Å². The Bertz CT molecular complexity index is 696. The van der Waals surface area contributed by atoms with Crippen LogP contribution < -0.4 is 9.47 Å². The smallest absolute Gasteiger partial charge is 0.254 e. The molecule has 1 heterocycles. The summed E-state index contributed by atoms with van der Waals surface area (Å²) >= 11 is 3.42. The predicted octanol–water partition coefficient (Wildman–Crippen LogP) is 4.03. The topological polar surface area (TPSA) is 51.9 Å². The minimum Gasteiger partial charge on any atom is -0.492 e. The Hall–Kier alpha value is -1.95. The third kappa shape index (κ3) is 4.07. The summed E-state index contributed by atoms with van der Waals surface area (Å²) < 4.78 is 17.1. The molecule has 5 nitrogen and oxygen atoms in total. The van der Waals surface area contributed by atoms with Crippen LogP contribution in [0.4, 0.5) is 0 Å². The minimum absolute atomic E-state index is 0.122. The number of methoxy groups -OCH3 is 1. The summed E-state index contributed by atoms with van der Waals surface area (Å²) in [5.41, 5.74) is 0.520. The van der Waals surface area contributed by atoms with Crippen molar-refractivity contribution in [1.82, 2.24) is 4.90 Å². The molecule has 0 fully saturated rings. The standard InChI is InChI=1S/C17H20BrNO4/c1-5-22-15-9-12(8-14(18)16(15)21-4)17(20)19(3)10-13-7-6-11(2)23-13/h6-9H,5,10H2,1-4H3. The zero-order chi connectivity index (χ0) is 17.0. The molecule has 0 saturated carbocycles. The van der Waals surface area contributed by atoms with Crippen LogP contribution in [0.25, 0.3) is 0 Å². The van der Waals surface area contributed by atoms with Crippen LogP contribution in [-0.2, 0) is 6.54 Å². The van der Waals surface area contributed by atoms with Crippen molar-refractivity contribution in [3.05, 3.63) is 45.8 Å². The van der Waals surface area contributed by atoms with Gasteiger partial charge in [-0.05, 0) is 54.0 Å². The number of rotatable bonds is 6. The van der Waals surface area contributed by atoms with Gasteiger partial charge in [-0.3, -0.25) is 4.79 Å². The van der Waals surface area contributed by atoms with E-state index >= 15 is 0 Å². The Balaban J connectivity index is 2.24. The van der Waals surface area contributed by atoms with Gasteiger partial charge in [0.25, 0.3) is 5.91 Å². The highest BCUT2D eigenvalue weighted by molar-refractivity contribution is 9.10. The van der Waals surface area contributed by atoms with Gasteiger partial charge in [-0.1, -0.05) is 0 Å². The van der Waals surface area contributed by atoms with Gasteiger partial charge in [0.2, 0.25) is 0 Å². The molecule has 0 N–H and O–H groups in total. The van der Waals surface area contributed by atoms with Crippen LogP contribution in [0.3, 0.4) is 0 Å². The van der Waals surface area contributed by atoms with E-state index in [1.165, 1.54) is 0 Å². The van der Waals surface area contributed by atoms with Crippen LogP contribution in [0.15, 0.2) is 33.2 Å². The zero-order valence-electron chi connectivity index (χ0n) is 13.7. The third-order valence-corrected chi connectivity index (χ3v) is 3.89. The van der Waals surface area contributed by atoms with Crippen LogP contribution in [0, 0.1) is 6.92 Å². The minimum atomic E-state index is -0.122. The summed E-state index contributed by atoms with van der Waals surface area (Å²) in [5, 5.41) is 0. The molecule has 0 saturated heterocycles. The first kappa shape index (κ1) is 17.4. The van der Waals surface area contributed by atoms with E-state index in [0.717, 1.165) is 11.5 Å². The van der Waals surface area contributed by atoms with Crippen LogP contribution in [-0.4, -0.2) is 31.6 Å². The molecular weight excluding hydrogens is 362 g/mol. The number of amides is 1. The average molecular weight is 382 g/mol. The molecular formula is C17H20BrNO4. The van der Waals surface area contributed by atoms with E-state index in [4.69, 9.17) is 13.9 Å². The molecule has 0 aliphatic rings. The van der Waals surface area contributed by atoms with Gasteiger partial charge in [-0.25, -0.2) is 0 Å². The summed E-state index contributed by atoms with van der Waals surface area (Å²) in [6, 6.07) is 7.17. The Morgan fingerprint density at radius 3 is 2.65 bits per heavy atom. The Labute approximate surface area is 144 Å². The largest absolute Gasteiger partial charge is 0.492 e. The summed E-state index contributed by atoms with van der Waals surface area (Å²) in [7, 11) is 3.30. The fourth-order valence-corrected chi connectivity index (χ4v) is 2.85. The van der Waals surface area contributed by atoms with Gasteiger partial charge < -0.3 is 18.8 Å². The van der Waals surface area contributed by atoms with Gasteiger partial charge in [-0.2, -0.15) is 0 Å². The fraction of sp³-hybridized carbons (Fsp3) is 0.353. The lowest BCUT2D eigenvalue weighted by molar-refractivity contribution is 0.0774. The van der Waals surface area contributed by atoms with E-state index in [-0.39, 0.29) is 5.91 Å². The lowest BCUT2D eigenvalue weighted by atomic mass is 10.1. The highest BCUT2D eigenvalue weighted by atomic mass is 79.9. The second kappa shape index (κ2) is 7.55. The van der Waals surface area contributed by atoms with Crippen molar-refractivity contribution in [1.29, 1.82) is 0 Å². The van der Waals surface area contributed by atoms with Gasteiger partial charge in [-0.15, -0.1) is 0 Å². The average Bonchev–Trinajstić information content (AvgIpc) is 2.91. The highest BCUT2D eigenvalue weighted by Gasteiger charge is 2.18. The molecule has 1 aromatic heterocycles. The second-order valence-corrected chi connectivity index (χ2v) is 5.95. The normalized spacial score (nSPS) is 10.5. The van der Waals surface area contributed by atoms with Gasteiger partial charge in [0, 0.05) is 12.6 Å². The van der Waals surface area contributed by atoms with Gasteiger partial charge in [0.15, 0.2) is 11.5 Å². The molecule has 0 aliphatic heterocycles. The highest BCUT2D eigenvalue weighted by Crippen LogP contribution is 2.36. The SMILES string of the molecule is CCOc1cc(C(=O)N(C)Cc2ccc(C)o2)cc(Br)c1OC. The van der Waals surface area contributed by atoms with E-state index in [9.17, 15) is 4.79 Å². The molecule has 0 bridgehead atoms. The van der Waals surface area contributed by atoms with Crippen molar-refractivity contribution in [3.63, 3.8) is 0 Å². The van der Waals surface area contributed by atoms with Crippen molar-refractivity contribution < 1.29 is 18.7 Å². The van der Waals surface area contributed by atoms with Crippen molar-refractivity contribution >= 4 is 21.8 Å². The maximum absolute atomic E-state index is 12.6. The lowest BCUT2D eigenvalue weighted by Gasteiger charge is -2.18. The molecule has 2 aromatic rings. The molecule has 124 valence electrons. The molecule has 23 heavy (non-hydrogen) atoms. The Morgan fingerprint density at radius 1 is 1.35 bits per heavy atom. The number of nitrogens with zero attached hydrogens (tertiary/aromatic N) is 1. The zero-order valence-corrected chi connectivity index (χ0v) is 15.3. The van der Waals surface area contributed by atoms with E-state index in [2.05, 4.69) is 15.9 Å². The van der Waals surface area contributed by atoms with Crippen molar-refractivity contribution in [2.24, 2.45) is 0 Å². The quantitative estimate of drug-likeness (QED) is 0.757. The number of furan rings is 1. The molecule has 1 amide bonds. The predicted molar refractivity (Wildman–Crippen MR) is 91.1 cm³/mol. The van der Waals surface area contributed by atoms with E-state index in [0.29, 0.717) is 34.7 Å². The Morgan fingerprint density at radius 2 is 2.09 bits per heavy atom. The van der Waals surface area contributed by atoms with Crippen molar-refractivity contribution in [3.8, 4) is 11.5 Å². The maximum atomic E-state index is 12.6. The molecule has 1 aromatic carbocycles. The first-order valence-corrected chi connectivity index (χ1v) is 8.06. The van der Waals surface area contributed by atoms with E-state index in [1.807, 2.05) is 26.0 Å². The molecule has 0 unspecified atom stereocenters. The number of hydrogen-bond acceptors (Lipinski definition) is 4. The van der Waals surface area contributed by atoms with Crippen LogP contribution in [0.1, 0.15) is 28.8 Å². The Kier molecular flexibility index (Phi) is 5.71. The number of ether oxygens (including phenoxy) is 2. The number of hydrogen-bond donors (Lipinski definition) is 0. The molecule has 0 aliphatic carbocycles. The molecule has 6 heteroatoms. The van der Waals surface area contributed by atoms with Crippen LogP contribution in [0.2, 0.25) is 0 Å². The third-order valence-electron chi connectivity index (χ3n) is 3.30. The van der Waals surface area contributed by atoms with Crippen LogP contribution >= 0.6 is 15.9 Å².